The maximum atomic E-state index is 13.2. The van der Waals surface area contributed by atoms with Crippen molar-refractivity contribution >= 4 is 27.0 Å². The van der Waals surface area contributed by atoms with Gasteiger partial charge in [-0.3, -0.25) is 0 Å². The number of thiazole rings is 1. The molecule has 0 saturated carbocycles. The predicted octanol–water partition coefficient (Wildman–Crippen LogP) is 6.46. The predicted molar refractivity (Wildman–Crippen MR) is 147 cm³/mol. The summed E-state index contributed by atoms with van der Waals surface area (Å²) in [6.45, 7) is 9.07. The van der Waals surface area contributed by atoms with Crippen LogP contribution in [0.2, 0.25) is 0 Å². The van der Waals surface area contributed by atoms with Crippen LogP contribution < -0.4 is 9.54 Å². The second-order valence-corrected chi connectivity index (χ2v) is 12.2. The van der Waals surface area contributed by atoms with Gasteiger partial charge in [0.25, 0.3) is 0 Å². The summed E-state index contributed by atoms with van der Waals surface area (Å²) in [6, 6.07) is 15.2. The summed E-state index contributed by atoms with van der Waals surface area (Å²) in [5.74, 6) is 1.43. The van der Waals surface area contributed by atoms with Crippen molar-refractivity contribution in [2.75, 3.05) is 19.7 Å². The lowest BCUT2D eigenvalue weighted by molar-refractivity contribution is 0.288. The minimum atomic E-state index is -3.45. The summed E-state index contributed by atoms with van der Waals surface area (Å²) in [7, 11) is -3.45. The van der Waals surface area contributed by atoms with E-state index in [-0.39, 0.29) is 0 Å². The van der Waals surface area contributed by atoms with Crippen molar-refractivity contribution in [1.82, 2.24) is 8.87 Å². The van der Waals surface area contributed by atoms with Gasteiger partial charge in [0, 0.05) is 25.0 Å². The van der Waals surface area contributed by atoms with Crippen LogP contribution in [0.1, 0.15) is 52.9 Å². The van der Waals surface area contributed by atoms with Gasteiger partial charge < -0.3 is 9.30 Å². The summed E-state index contributed by atoms with van der Waals surface area (Å²) >= 11 is 1.61. The summed E-state index contributed by atoms with van der Waals surface area (Å²) < 4.78 is 35.7. The molecule has 0 bridgehead atoms. The van der Waals surface area contributed by atoms with E-state index in [1.807, 2.05) is 43.3 Å². The number of nitrogens with zero attached hydrogens (tertiary/aromatic N) is 3. The normalized spacial score (nSPS) is 15.9. The Bertz CT molecular complexity index is 1290. The SMILES string of the molecule is CCCCCn1c(-c2ccc(S(=O)(=O)N3CCC(C)CC3)cc2)csc1=Nc1ccc(OCC)cc1. The molecule has 36 heavy (non-hydrogen) atoms. The average molecular weight is 528 g/mol. The van der Waals surface area contributed by atoms with Crippen molar-refractivity contribution in [2.45, 2.75) is 64.3 Å². The van der Waals surface area contributed by atoms with Crippen molar-refractivity contribution in [3.8, 4) is 17.0 Å². The van der Waals surface area contributed by atoms with Crippen LogP contribution in [0.4, 0.5) is 5.69 Å². The Hall–Kier alpha value is -2.42. The monoisotopic (exact) mass is 527 g/mol. The Morgan fingerprint density at radius 1 is 1.00 bits per heavy atom. The van der Waals surface area contributed by atoms with Crippen LogP contribution >= 0.6 is 11.3 Å². The second kappa shape index (κ2) is 12.2. The van der Waals surface area contributed by atoms with Gasteiger partial charge in [0.1, 0.15) is 5.75 Å². The molecule has 2 heterocycles. The number of rotatable bonds is 10. The highest BCUT2D eigenvalue weighted by Crippen LogP contribution is 2.27. The lowest BCUT2D eigenvalue weighted by Gasteiger charge is -2.29. The highest BCUT2D eigenvalue weighted by Gasteiger charge is 2.28. The third kappa shape index (κ3) is 6.28. The number of hydrogen-bond donors (Lipinski definition) is 0. The molecular formula is C28H37N3O3S2. The number of piperidine rings is 1. The van der Waals surface area contributed by atoms with Gasteiger partial charge in [-0.2, -0.15) is 4.31 Å². The molecule has 1 aromatic heterocycles. The zero-order valence-electron chi connectivity index (χ0n) is 21.5. The van der Waals surface area contributed by atoms with Crippen LogP contribution in [-0.4, -0.2) is 37.0 Å². The molecule has 8 heteroatoms. The van der Waals surface area contributed by atoms with Crippen molar-refractivity contribution in [3.05, 3.63) is 58.7 Å². The number of ether oxygens (including phenoxy) is 1. The smallest absolute Gasteiger partial charge is 0.243 e. The van der Waals surface area contributed by atoms with E-state index < -0.39 is 10.0 Å². The molecule has 0 N–H and O–H groups in total. The highest BCUT2D eigenvalue weighted by molar-refractivity contribution is 7.89. The molecular weight excluding hydrogens is 490 g/mol. The molecule has 1 aliphatic heterocycles. The van der Waals surface area contributed by atoms with Gasteiger partial charge in [-0.25, -0.2) is 13.4 Å². The topological polar surface area (TPSA) is 63.9 Å². The van der Waals surface area contributed by atoms with E-state index in [2.05, 4.69) is 23.8 Å². The molecule has 0 radical (unpaired) electrons. The average Bonchev–Trinajstić information content (AvgIpc) is 3.28. The largest absolute Gasteiger partial charge is 0.494 e. The minimum absolute atomic E-state index is 0.368. The molecule has 6 nitrogen and oxygen atoms in total. The lowest BCUT2D eigenvalue weighted by atomic mass is 10.0. The molecule has 0 aliphatic carbocycles. The zero-order valence-corrected chi connectivity index (χ0v) is 23.2. The zero-order chi connectivity index (χ0) is 25.5. The molecule has 1 aliphatic rings. The first-order valence-corrected chi connectivity index (χ1v) is 15.3. The quantitative estimate of drug-likeness (QED) is 0.284. The van der Waals surface area contributed by atoms with Crippen LogP contribution in [0.15, 0.2) is 63.8 Å². The first kappa shape index (κ1) is 26.6. The first-order valence-electron chi connectivity index (χ1n) is 13.0. The molecule has 0 atom stereocenters. The van der Waals surface area contributed by atoms with Crippen molar-refractivity contribution in [3.63, 3.8) is 0 Å². The van der Waals surface area contributed by atoms with Gasteiger partial charge in [-0.15, -0.1) is 11.3 Å². The van der Waals surface area contributed by atoms with Gasteiger partial charge in [0.05, 0.1) is 22.9 Å². The van der Waals surface area contributed by atoms with Crippen molar-refractivity contribution in [1.29, 1.82) is 0 Å². The molecule has 4 rings (SSSR count). The Balaban J connectivity index is 1.62. The van der Waals surface area contributed by atoms with Gasteiger partial charge in [-0.1, -0.05) is 38.8 Å². The van der Waals surface area contributed by atoms with E-state index in [1.54, 1.807) is 27.8 Å². The molecule has 1 fully saturated rings. The summed E-state index contributed by atoms with van der Waals surface area (Å²) in [5.41, 5.74) is 2.95. The van der Waals surface area contributed by atoms with Gasteiger partial charge in [-0.05, 0) is 74.1 Å². The standard InChI is InChI=1S/C28H37N3O3S2/c1-4-6-7-18-31-27(21-35-28(31)29-24-10-12-25(13-11-24)34-5-2)23-8-14-26(15-9-23)36(32,33)30-19-16-22(3)17-20-30/h8-15,21-22H,4-7,16-20H2,1-3H3. The third-order valence-electron chi connectivity index (χ3n) is 6.69. The fourth-order valence-electron chi connectivity index (χ4n) is 4.45. The van der Waals surface area contributed by atoms with Crippen LogP contribution in [0.5, 0.6) is 5.75 Å². The Morgan fingerprint density at radius 2 is 1.69 bits per heavy atom. The molecule has 0 unspecified atom stereocenters. The number of aromatic nitrogens is 1. The summed E-state index contributed by atoms with van der Waals surface area (Å²) in [5, 5.41) is 2.12. The van der Waals surface area contributed by atoms with Crippen molar-refractivity contribution < 1.29 is 13.2 Å². The van der Waals surface area contributed by atoms with E-state index in [4.69, 9.17) is 9.73 Å². The van der Waals surface area contributed by atoms with E-state index in [9.17, 15) is 8.42 Å². The third-order valence-corrected chi connectivity index (χ3v) is 9.46. The fourth-order valence-corrected chi connectivity index (χ4v) is 6.88. The summed E-state index contributed by atoms with van der Waals surface area (Å²) in [4.78, 5) is 6.22. The van der Waals surface area contributed by atoms with Crippen molar-refractivity contribution in [2.24, 2.45) is 10.9 Å². The molecule has 2 aromatic carbocycles. The number of hydrogen-bond acceptors (Lipinski definition) is 5. The number of sulfonamides is 1. The number of unbranched alkanes of at least 4 members (excludes halogenated alkanes) is 2. The maximum Gasteiger partial charge on any atom is 0.243 e. The minimum Gasteiger partial charge on any atom is -0.494 e. The molecule has 3 aromatic rings. The first-order chi connectivity index (χ1) is 17.4. The molecule has 0 spiro atoms. The molecule has 0 amide bonds. The lowest BCUT2D eigenvalue weighted by Crippen LogP contribution is -2.37. The molecule has 194 valence electrons. The van der Waals surface area contributed by atoms with Gasteiger partial charge in [0.2, 0.25) is 10.0 Å². The van der Waals surface area contributed by atoms with Crippen LogP contribution in [0.25, 0.3) is 11.3 Å². The Kier molecular flexibility index (Phi) is 9.04. The van der Waals surface area contributed by atoms with Gasteiger partial charge >= 0.3 is 0 Å². The molecule has 1 saturated heterocycles. The summed E-state index contributed by atoms with van der Waals surface area (Å²) in [6.07, 6.45) is 5.20. The fraction of sp³-hybridized carbons (Fsp3) is 0.464. The van der Waals surface area contributed by atoms with E-state index >= 15 is 0 Å². The van der Waals surface area contributed by atoms with Crippen LogP contribution in [-0.2, 0) is 16.6 Å². The second-order valence-electron chi connectivity index (χ2n) is 9.41. The van der Waals surface area contributed by atoms with Crippen LogP contribution in [0, 0.1) is 5.92 Å². The maximum absolute atomic E-state index is 13.2. The van der Waals surface area contributed by atoms with E-state index in [0.717, 1.165) is 66.1 Å². The van der Waals surface area contributed by atoms with E-state index in [1.165, 1.54) is 0 Å². The van der Waals surface area contributed by atoms with Crippen LogP contribution in [0.3, 0.4) is 0 Å². The number of benzene rings is 2. The van der Waals surface area contributed by atoms with E-state index in [0.29, 0.717) is 30.5 Å². The Labute approximate surface area is 219 Å². The van der Waals surface area contributed by atoms with Gasteiger partial charge in [0.15, 0.2) is 4.80 Å². The highest BCUT2D eigenvalue weighted by atomic mass is 32.2. The Morgan fingerprint density at radius 3 is 2.33 bits per heavy atom.